The average molecular weight is 199 g/mol. The number of thiazole rings is 1. The Morgan fingerprint density at radius 1 is 1.69 bits per heavy atom. The summed E-state index contributed by atoms with van der Waals surface area (Å²) in [4.78, 5) is 16.9. The fraction of sp³-hybridized carbons (Fsp3) is 0.500. The highest BCUT2D eigenvalue weighted by Crippen LogP contribution is 2.09. The van der Waals surface area contributed by atoms with Gasteiger partial charge < -0.3 is 10.6 Å². The summed E-state index contributed by atoms with van der Waals surface area (Å²) < 4.78 is 0. The standard InChI is InChI=1S/C8H13N3OS/c1-11(2)4-3-6-5-13-8(10-6)7(9)12/h5H,3-4H2,1-2H3,(H2,9,12). The maximum atomic E-state index is 10.7. The molecule has 0 bridgehead atoms. The van der Waals surface area contributed by atoms with Crippen molar-refractivity contribution < 1.29 is 4.79 Å². The van der Waals surface area contributed by atoms with E-state index >= 15 is 0 Å². The van der Waals surface area contributed by atoms with Gasteiger partial charge >= 0.3 is 0 Å². The molecule has 0 aromatic carbocycles. The Kier molecular flexibility index (Phi) is 3.39. The first-order chi connectivity index (χ1) is 6.09. The van der Waals surface area contributed by atoms with Gasteiger partial charge in [0.25, 0.3) is 5.91 Å². The first-order valence-corrected chi connectivity index (χ1v) is 4.86. The van der Waals surface area contributed by atoms with Gasteiger partial charge in [-0.05, 0) is 14.1 Å². The van der Waals surface area contributed by atoms with E-state index in [4.69, 9.17) is 5.73 Å². The van der Waals surface area contributed by atoms with Crippen molar-refractivity contribution >= 4 is 17.2 Å². The molecule has 0 fully saturated rings. The van der Waals surface area contributed by atoms with E-state index in [1.54, 1.807) is 0 Å². The van der Waals surface area contributed by atoms with Gasteiger partial charge in [-0.3, -0.25) is 4.79 Å². The van der Waals surface area contributed by atoms with E-state index in [2.05, 4.69) is 9.88 Å². The summed E-state index contributed by atoms with van der Waals surface area (Å²) >= 11 is 1.31. The molecule has 72 valence electrons. The predicted molar refractivity (Wildman–Crippen MR) is 52.9 cm³/mol. The van der Waals surface area contributed by atoms with E-state index in [9.17, 15) is 4.79 Å². The number of likely N-dealkylation sites (N-methyl/N-ethyl adjacent to an activating group) is 1. The first-order valence-electron chi connectivity index (χ1n) is 3.98. The highest BCUT2D eigenvalue weighted by atomic mass is 32.1. The molecule has 0 saturated heterocycles. The third-order valence-corrected chi connectivity index (χ3v) is 2.48. The van der Waals surface area contributed by atoms with Crippen LogP contribution in [0.25, 0.3) is 0 Å². The minimum absolute atomic E-state index is 0.397. The van der Waals surface area contributed by atoms with Gasteiger partial charge in [0.15, 0.2) is 5.01 Å². The van der Waals surface area contributed by atoms with Crippen molar-refractivity contribution in [2.24, 2.45) is 5.73 Å². The maximum absolute atomic E-state index is 10.7. The van der Waals surface area contributed by atoms with Crippen molar-refractivity contribution in [2.75, 3.05) is 20.6 Å². The van der Waals surface area contributed by atoms with E-state index in [0.717, 1.165) is 18.7 Å². The molecule has 13 heavy (non-hydrogen) atoms. The van der Waals surface area contributed by atoms with Crippen LogP contribution in [-0.4, -0.2) is 36.4 Å². The van der Waals surface area contributed by atoms with Crippen LogP contribution < -0.4 is 5.73 Å². The topological polar surface area (TPSA) is 59.2 Å². The Morgan fingerprint density at radius 2 is 2.38 bits per heavy atom. The second kappa shape index (κ2) is 4.34. The van der Waals surface area contributed by atoms with Crippen LogP contribution in [-0.2, 0) is 6.42 Å². The van der Waals surface area contributed by atoms with Crippen LogP contribution in [0, 0.1) is 0 Å². The summed E-state index contributed by atoms with van der Waals surface area (Å²) in [5.41, 5.74) is 6.02. The Bertz CT molecular complexity index is 295. The number of amides is 1. The lowest BCUT2D eigenvalue weighted by Crippen LogP contribution is -2.15. The molecule has 2 N–H and O–H groups in total. The monoisotopic (exact) mass is 199 g/mol. The highest BCUT2D eigenvalue weighted by molar-refractivity contribution is 7.11. The molecule has 1 aromatic rings. The lowest BCUT2D eigenvalue weighted by atomic mass is 10.3. The Balaban J connectivity index is 2.54. The fourth-order valence-corrected chi connectivity index (χ4v) is 1.58. The molecule has 1 amide bonds. The molecule has 0 radical (unpaired) electrons. The third kappa shape index (κ3) is 3.12. The van der Waals surface area contributed by atoms with E-state index in [-0.39, 0.29) is 0 Å². The first kappa shape index (κ1) is 10.1. The van der Waals surface area contributed by atoms with Gasteiger partial charge in [0, 0.05) is 18.3 Å². The van der Waals surface area contributed by atoms with E-state index in [0.29, 0.717) is 5.01 Å². The van der Waals surface area contributed by atoms with E-state index in [1.807, 2.05) is 19.5 Å². The van der Waals surface area contributed by atoms with Crippen molar-refractivity contribution in [1.82, 2.24) is 9.88 Å². The molecule has 0 saturated carbocycles. The van der Waals surface area contributed by atoms with E-state index < -0.39 is 5.91 Å². The number of nitrogens with two attached hydrogens (primary N) is 1. The molecule has 0 spiro atoms. The molecule has 1 heterocycles. The van der Waals surface area contributed by atoms with Crippen LogP contribution in [0.4, 0.5) is 0 Å². The Labute approximate surface area is 81.4 Å². The smallest absolute Gasteiger partial charge is 0.277 e. The largest absolute Gasteiger partial charge is 0.364 e. The van der Waals surface area contributed by atoms with Gasteiger partial charge in [-0.25, -0.2) is 4.98 Å². The summed E-state index contributed by atoms with van der Waals surface area (Å²) in [5.74, 6) is -0.443. The van der Waals surface area contributed by atoms with Crippen molar-refractivity contribution in [3.63, 3.8) is 0 Å². The van der Waals surface area contributed by atoms with Crippen LogP contribution in [0.1, 0.15) is 15.5 Å². The number of primary amides is 1. The molecule has 0 aliphatic carbocycles. The van der Waals surface area contributed by atoms with Gasteiger partial charge in [0.2, 0.25) is 0 Å². The minimum Gasteiger partial charge on any atom is -0.364 e. The van der Waals surface area contributed by atoms with Crippen LogP contribution >= 0.6 is 11.3 Å². The van der Waals surface area contributed by atoms with Crippen molar-refractivity contribution in [2.45, 2.75) is 6.42 Å². The average Bonchev–Trinajstić information content (AvgIpc) is 2.48. The molecular formula is C8H13N3OS. The summed E-state index contributed by atoms with van der Waals surface area (Å²) in [5, 5.41) is 2.28. The third-order valence-electron chi connectivity index (χ3n) is 1.58. The summed E-state index contributed by atoms with van der Waals surface area (Å²) in [7, 11) is 4.00. The lowest BCUT2D eigenvalue weighted by molar-refractivity contribution is 0.1000. The predicted octanol–water partition coefficient (Wildman–Crippen LogP) is 0.346. The quantitative estimate of drug-likeness (QED) is 0.761. The molecule has 0 unspecified atom stereocenters. The number of rotatable bonds is 4. The summed E-state index contributed by atoms with van der Waals surface area (Å²) in [6.07, 6.45) is 0.858. The second-order valence-corrected chi connectivity index (χ2v) is 3.92. The van der Waals surface area contributed by atoms with Crippen molar-refractivity contribution in [1.29, 1.82) is 0 Å². The zero-order valence-corrected chi connectivity index (χ0v) is 8.60. The Morgan fingerprint density at radius 3 is 2.85 bits per heavy atom. The number of aromatic nitrogens is 1. The summed E-state index contributed by atoms with van der Waals surface area (Å²) in [6.45, 7) is 0.932. The molecule has 0 aliphatic rings. The van der Waals surface area contributed by atoms with Crippen LogP contribution in [0.15, 0.2) is 5.38 Å². The number of nitrogens with zero attached hydrogens (tertiary/aromatic N) is 2. The lowest BCUT2D eigenvalue weighted by Gasteiger charge is -2.06. The molecule has 1 aromatic heterocycles. The number of carbonyl (C=O) groups is 1. The minimum atomic E-state index is -0.443. The molecule has 4 nitrogen and oxygen atoms in total. The van der Waals surface area contributed by atoms with Gasteiger partial charge in [-0.2, -0.15) is 0 Å². The fourth-order valence-electron chi connectivity index (χ4n) is 0.873. The van der Waals surface area contributed by atoms with Crippen molar-refractivity contribution in [3.8, 4) is 0 Å². The number of hydrogen-bond acceptors (Lipinski definition) is 4. The number of carbonyl (C=O) groups excluding carboxylic acids is 1. The molecule has 5 heteroatoms. The molecule has 1 rings (SSSR count). The van der Waals surface area contributed by atoms with Crippen LogP contribution in [0.3, 0.4) is 0 Å². The van der Waals surface area contributed by atoms with Crippen LogP contribution in [0.5, 0.6) is 0 Å². The van der Waals surface area contributed by atoms with Gasteiger partial charge in [-0.1, -0.05) is 0 Å². The molecular weight excluding hydrogens is 186 g/mol. The SMILES string of the molecule is CN(C)CCc1csc(C(N)=O)n1. The number of hydrogen-bond donors (Lipinski definition) is 1. The maximum Gasteiger partial charge on any atom is 0.277 e. The molecule has 0 atom stereocenters. The van der Waals surface area contributed by atoms with Gasteiger partial charge in [-0.15, -0.1) is 11.3 Å². The zero-order valence-electron chi connectivity index (χ0n) is 7.78. The second-order valence-electron chi connectivity index (χ2n) is 3.06. The Hall–Kier alpha value is -0.940. The zero-order chi connectivity index (χ0) is 9.84. The van der Waals surface area contributed by atoms with Crippen LogP contribution in [0.2, 0.25) is 0 Å². The van der Waals surface area contributed by atoms with Crippen molar-refractivity contribution in [3.05, 3.63) is 16.1 Å². The van der Waals surface area contributed by atoms with Gasteiger partial charge in [0.05, 0.1) is 5.69 Å². The van der Waals surface area contributed by atoms with Gasteiger partial charge in [0.1, 0.15) is 0 Å². The molecule has 0 aliphatic heterocycles. The normalized spacial score (nSPS) is 10.7. The highest BCUT2D eigenvalue weighted by Gasteiger charge is 2.06. The summed E-state index contributed by atoms with van der Waals surface area (Å²) in [6, 6.07) is 0. The van der Waals surface area contributed by atoms with E-state index in [1.165, 1.54) is 11.3 Å².